The van der Waals surface area contributed by atoms with Gasteiger partial charge in [-0.25, -0.2) is 8.42 Å². The minimum Gasteiger partial charge on any atom is -0.494 e. The lowest BCUT2D eigenvalue weighted by Crippen LogP contribution is -2.54. The van der Waals surface area contributed by atoms with E-state index in [4.69, 9.17) is 4.74 Å². The summed E-state index contributed by atoms with van der Waals surface area (Å²) in [5, 5.41) is 2.91. The number of rotatable bonds is 14. The van der Waals surface area contributed by atoms with Crippen molar-refractivity contribution < 1.29 is 22.7 Å². The van der Waals surface area contributed by atoms with E-state index >= 15 is 0 Å². The van der Waals surface area contributed by atoms with E-state index in [1.54, 1.807) is 42.5 Å². The second kappa shape index (κ2) is 14.5. The Labute approximate surface area is 238 Å². The minimum absolute atomic E-state index is 0.0352. The van der Waals surface area contributed by atoms with E-state index in [1.165, 1.54) is 17.0 Å². The Hall–Kier alpha value is -3.85. The van der Waals surface area contributed by atoms with Gasteiger partial charge in [-0.05, 0) is 75.6 Å². The van der Waals surface area contributed by atoms with Gasteiger partial charge in [-0.1, -0.05) is 55.5 Å². The summed E-state index contributed by atoms with van der Waals surface area (Å²) in [5.74, 6) is -0.169. The normalized spacial score (nSPS) is 12.0. The third kappa shape index (κ3) is 8.08. The van der Waals surface area contributed by atoms with Crippen LogP contribution in [0.15, 0.2) is 89.8 Å². The highest BCUT2D eigenvalue weighted by molar-refractivity contribution is 7.92. The summed E-state index contributed by atoms with van der Waals surface area (Å²) in [6.45, 7) is 7.68. The smallest absolute Gasteiger partial charge is 0.264 e. The predicted molar refractivity (Wildman–Crippen MR) is 158 cm³/mol. The number of hydrogen-bond acceptors (Lipinski definition) is 5. The number of nitrogens with one attached hydrogen (secondary N) is 1. The van der Waals surface area contributed by atoms with E-state index < -0.39 is 28.5 Å². The van der Waals surface area contributed by atoms with Crippen molar-refractivity contribution in [3.05, 3.63) is 90.5 Å². The first-order chi connectivity index (χ1) is 19.2. The van der Waals surface area contributed by atoms with Gasteiger partial charge in [0.2, 0.25) is 11.8 Å². The highest BCUT2D eigenvalue weighted by atomic mass is 32.2. The number of para-hydroxylation sites is 1. The monoisotopic (exact) mass is 565 g/mol. The number of nitrogens with zero attached hydrogens (tertiary/aromatic N) is 2. The summed E-state index contributed by atoms with van der Waals surface area (Å²) in [5.41, 5.74) is 1.37. The van der Waals surface area contributed by atoms with E-state index in [9.17, 15) is 18.0 Å². The summed E-state index contributed by atoms with van der Waals surface area (Å²) in [7, 11) is -4.12. The predicted octanol–water partition coefficient (Wildman–Crippen LogP) is 4.66. The fourth-order valence-electron chi connectivity index (χ4n) is 4.40. The van der Waals surface area contributed by atoms with E-state index in [0.717, 1.165) is 9.87 Å². The molecule has 0 unspecified atom stereocenters. The number of sulfonamides is 1. The molecule has 0 aliphatic carbocycles. The highest BCUT2D eigenvalue weighted by Gasteiger charge is 2.33. The lowest BCUT2D eigenvalue weighted by molar-refractivity contribution is -0.139. The zero-order valence-corrected chi connectivity index (χ0v) is 24.4. The number of hydrogen-bond donors (Lipinski definition) is 1. The second-order valence-electron chi connectivity index (χ2n) is 9.66. The number of anilines is 1. The quantitative estimate of drug-likeness (QED) is 0.307. The Morgan fingerprint density at radius 1 is 0.875 bits per heavy atom. The molecule has 0 saturated heterocycles. The van der Waals surface area contributed by atoms with Gasteiger partial charge in [0, 0.05) is 12.6 Å². The number of amides is 2. The maximum atomic E-state index is 14.0. The molecule has 0 heterocycles. The van der Waals surface area contributed by atoms with Crippen molar-refractivity contribution in [2.75, 3.05) is 24.0 Å². The van der Waals surface area contributed by atoms with Gasteiger partial charge in [-0.2, -0.15) is 0 Å². The van der Waals surface area contributed by atoms with Crippen molar-refractivity contribution >= 4 is 27.5 Å². The van der Waals surface area contributed by atoms with Crippen LogP contribution in [-0.4, -0.2) is 56.9 Å². The molecule has 1 N–H and O–H groups in total. The van der Waals surface area contributed by atoms with Gasteiger partial charge >= 0.3 is 0 Å². The Balaban J connectivity index is 1.97. The van der Waals surface area contributed by atoms with E-state index in [2.05, 4.69) is 5.32 Å². The SMILES string of the molecule is CCOc1ccc(S(=O)(=O)N(CC(=O)N(CCc2ccccc2)[C@@H](CC)C(=O)NC(C)C)c2ccccc2)cc1. The fourth-order valence-corrected chi connectivity index (χ4v) is 5.82. The first-order valence-electron chi connectivity index (χ1n) is 13.6. The number of benzene rings is 3. The van der Waals surface area contributed by atoms with Crippen LogP contribution >= 0.6 is 0 Å². The van der Waals surface area contributed by atoms with Crippen molar-refractivity contribution in [2.45, 2.75) is 57.5 Å². The molecule has 0 bridgehead atoms. The molecule has 3 aromatic carbocycles. The molecule has 0 spiro atoms. The third-order valence-corrected chi connectivity index (χ3v) is 8.13. The van der Waals surface area contributed by atoms with Crippen molar-refractivity contribution in [3.8, 4) is 5.75 Å². The van der Waals surface area contributed by atoms with Gasteiger partial charge in [-0.15, -0.1) is 0 Å². The Morgan fingerprint density at radius 3 is 2.02 bits per heavy atom. The standard InChI is InChI=1S/C31H39N3O5S/c1-5-29(31(36)32-24(3)4)33(22-21-25-13-9-7-10-14-25)30(35)23-34(26-15-11-8-12-16-26)40(37,38)28-19-17-27(18-20-28)39-6-2/h7-20,24,29H,5-6,21-23H2,1-4H3,(H,32,36)/t29-/m0/s1. The molecule has 0 fully saturated rings. The fraction of sp³-hybridized carbons (Fsp3) is 0.355. The summed E-state index contributed by atoms with van der Waals surface area (Å²) >= 11 is 0. The van der Waals surface area contributed by atoms with Crippen LogP contribution in [0.2, 0.25) is 0 Å². The maximum absolute atomic E-state index is 14.0. The van der Waals surface area contributed by atoms with Crippen LogP contribution in [0.25, 0.3) is 0 Å². The van der Waals surface area contributed by atoms with Crippen LogP contribution in [0.4, 0.5) is 5.69 Å². The van der Waals surface area contributed by atoms with Crippen LogP contribution in [0.3, 0.4) is 0 Å². The van der Waals surface area contributed by atoms with Crippen LogP contribution in [0, 0.1) is 0 Å². The molecule has 214 valence electrons. The first-order valence-corrected chi connectivity index (χ1v) is 15.1. The zero-order chi connectivity index (χ0) is 29.1. The molecule has 9 heteroatoms. The van der Waals surface area contributed by atoms with Crippen LogP contribution < -0.4 is 14.4 Å². The van der Waals surface area contributed by atoms with Gasteiger partial charge in [0.15, 0.2) is 0 Å². The second-order valence-corrected chi connectivity index (χ2v) is 11.5. The largest absolute Gasteiger partial charge is 0.494 e. The lowest BCUT2D eigenvalue weighted by Gasteiger charge is -2.33. The van der Waals surface area contributed by atoms with Crippen molar-refractivity contribution in [2.24, 2.45) is 0 Å². The van der Waals surface area contributed by atoms with Crippen LogP contribution in [0.5, 0.6) is 5.75 Å². The number of carbonyl (C=O) groups excluding carboxylic acids is 2. The Bertz CT molecular complexity index is 1330. The van der Waals surface area contributed by atoms with Gasteiger partial charge in [0.05, 0.1) is 17.2 Å². The number of ether oxygens (including phenoxy) is 1. The van der Waals surface area contributed by atoms with Gasteiger partial charge in [0.1, 0.15) is 18.3 Å². The molecule has 1 atom stereocenters. The molecule has 0 aliphatic rings. The molecule has 3 aromatic rings. The number of carbonyl (C=O) groups is 2. The van der Waals surface area contributed by atoms with Gasteiger partial charge in [0.25, 0.3) is 10.0 Å². The van der Waals surface area contributed by atoms with E-state index in [0.29, 0.717) is 30.9 Å². The van der Waals surface area contributed by atoms with Crippen LogP contribution in [-0.2, 0) is 26.0 Å². The lowest BCUT2D eigenvalue weighted by atomic mass is 10.1. The highest BCUT2D eigenvalue weighted by Crippen LogP contribution is 2.26. The van der Waals surface area contributed by atoms with Crippen LogP contribution in [0.1, 0.15) is 39.7 Å². The van der Waals surface area contributed by atoms with Crippen molar-refractivity contribution in [1.29, 1.82) is 0 Å². The molecule has 40 heavy (non-hydrogen) atoms. The van der Waals surface area contributed by atoms with Gasteiger partial charge < -0.3 is 15.0 Å². The first kappa shape index (κ1) is 30.7. The maximum Gasteiger partial charge on any atom is 0.264 e. The average Bonchev–Trinajstić information content (AvgIpc) is 2.94. The summed E-state index contributed by atoms with van der Waals surface area (Å²) in [6, 6.07) is 23.5. The molecule has 0 radical (unpaired) electrons. The Morgan fingerprint density at radius 2 is 1.48 bits per heavy atom. The topological polar surface area (TPSA) is 96.0 Å². The molecule has 0 aliphatic heterocycles. The molecule has 3 rings (SSSR count). The molecule has 2 amide bonds. The average molecular weight is 566 g/mol. The molecule has 8 nitrogen and oxygen atoms in total. The molecule has 0 saturated carbocycles. The minimum atomic E-state index is -4.12. The molecule has 0 aromatic heterocycles. The van der Waals surface area contributed by atoms with E-state index in [1.807, 2.05) is 58.0 Å². The summed E-state index contributed by atoms with van der Waals surface area (Å²) in [6.07, 6.45) is 0.908. The molecular weight excluding hydrogens is 526 g/mol. The molecular formula is C31H39N3O5S. The van der Waals surface area contributed by atoms with E-state index in [-0.39, 0.29) is 23.4 Å². The summed E-state index contributed by atoms with van der Waals surface area (Å²) in [4.78, 5) is 28.7. The van der Waals surface area contributed by atoms with Crippen molar-refractivity contribution in [3.63, 3.8) is 0 Å². The summed E-state index contributed by atoms with van der Waals surface area (Å²) < 4.78 is 34.4. The van der Waals surface area contributed by atoms with Gasteiger partial charge in [-0.3, -0.25) is 13.9 Å². The third-order valence-electron chi connectivity index (χ3n) is 6.35. The van der Waals surface area contributed by atoms with Crippen molar-refractivity contribution in [1.82, 2.24) is 10.2 Å². The zero-order valence-electron chi connectivity index (χ0n) is 23.6. The Kier molecular flexibility index (Phi) is 11.1.